The van der Waals surface area contributed by atoms with Gasteiger partial charge in [0, 0.05) is 31.5 Å². The first-order valence-corrected chi connectivity index (χ1v) is 8.63. The topological polar surface area (TPSA) is 77.1 Å². The summed E-state index contributed by atoms with van der Waals surface area (Å²) in [4.78, 5) is 26.5. The van der Waals surface area contributed by atoms with E-state index in [1.165, 1.54) is 6.92 Å². The molecule has 1 atom stereocenters. The number of benzene rings is 2. The van der Waals surface area contributed by atoms with Crippen molar-refractivity contribution in [1.29, 1.82) is 0 Å². The molecule has 2 aromatic rings. The summed E-state index contributed by atoms with van der Waals surface area (Å²) in [5.41, 5.74) is 1.90. The third-order valence-corrected chi connectivity index (χ3v) is 4.08. The number of nitrogens with one attached hydrogen (secondary N) is 1. The van der Waals surface area contributed by atoms with E-state index in [9.17, 15) is 9.59 Å². The Hall–Kier alpha value is -3.22. The predicted octanol–water partition coefficient (Wildman–Crippen LogP) is 2.71. The third kappa shape index (κ3) is 4.49. The highest BCUT2D eigenvalue weighted by Crippen LogP contribution is 2.32. The van der Waals surface area contributed by atoms with Gasteiger partial charge < -0.3 is 24.4 Å². The molecule has 142 valence electrons. The summed E-state index contributed by atoms with van der Waals surface area (Å²) < 4.78 is 16.2. The summed E-state index contributed by atoms with van der Waals surface area (Å²) in [7, 11) is 3.83. The van der Waals surface area contributed by atoms with Gasteiger partial charge in [-0.15, -0.1) is 0 Å². The lowest BCUT2D eigenvalue weighted by molar-refractivity contribution is -0.123. The Morgan fingerprint density at radius 2 is 1.70 bits per heavy atom. The summed E-state index contributed by atoms with van der Waals surface area (Å²) >= 11 is 0. The minimum atomic E-state index is -0.945. The van der Waals surface area contributed by atoms with E-state index in [2.05, 4.69) is 5.32 Å². The van der Waals surface area contributed by atoms with E-state index in [1.54, 1.807) is 30.3 Å². The Bertz CT molecular complexity index is 833. The van der Waals surface area contributed by atoms with Crippen LogP contribution in [-0.2, 0) is 9.53 Å². The monoisotopic (exact) mass is 370 g/mol. The standard InChI is InChI=1S/C20H22N2O5/c1-13(27-20(24)14-4-7-16(8-5-14)22(2)3)19(23)21-15-6-9-17-18(12-15)26-11-10-25-17/h4-9,12-13H,10-11H2,1-3H3,(H,21,23)/t13-/m0/s1. The number of carbonyl (C=O) groups is 2. The maximum Gasteiger partial charge on any atom is 0.338 e. The summed E-state index contributed by atoms with van der Waals surface area (Å²) in [6, 6.07) is 12.1. The van der Waals surface area contributed by atoms with Crippen molar-refractivity contribution in [2.45, 2.75) is 13.0 Å². The quantitative estimate of drug-likeness (QED) is 0.816. The van der Waals surface area contributed by atoms with Gasteiger partial charge >= 0.3 is 5.97 Å². The first-order chi connectivity index (χ1) is 12.9. The number of anilines is 2. The molecule has 7 nitrogen and oxygen atoms in total. The number of carbonyl (C=O) groups excluding carboxylic acids is 2. The molecule has 0 bridgehead atoms. The fourth-order valence-electron chi connectivity index (χ4n) is 2.54. The molecule has 0 spiro atoms. The summed E-state index contributed by atoms with van der Waals surface area (Å²) in [6.07, 6.45) is -0.945. The minimum absolute atomic E-state index is 0.388. The third-order valence-electron chi connectivity index (χ3n) is 4.08. The second-order valence-electron chi connectivity index (χ2n) is 6.34. The van der Waals surface area contributed by atoms with Crippen molar-refractivity contribution in [1.82, 2.24) is 0 Å². The molecule has 1 N–H and O–H groups in total. The first-order valence-electron chi connectivity index (χ1n) is 8.63. The van der Waals surface area contributed by atoms with Gasteiger partial charge in [0.2, 0.25) is 0 Å². The fraction of sp³-hybridized carbons (Fsp3) is 0.300. The van der Waals surface area contributed by atoms with Crippen molar-refractivity contribution >= 4 is 23.3 Å². The Morgan fingerprint density at radius 1 is 1.04 bits per heavy atom. The summed E-state index contributed by atoms with van der Waals surface area (Å²) in [6.45, 7) is 2.49. The van der Waals surface area contributed by atoms with Crippen molar-refractivity contribution in [3.63, 3.8) is 0 Å². The molecule has 1 aliphatic heterocycles. The maximum atomic E-state index is 12.3. The van der Waals surface area contributed by atoms with Crippen molar-refractivity contribution in [2.24, 2.45) is 0 Å². The average molecular weight is 370 g/mol. The van der Waals surface area contributed by atoms with Crippen LogP contribution in [0.2, 0.25) is 0 Å². The van der Waals surface area contributed by atoms with Crippen LogP contribution in [-0.4, -0.2) is 45.3 Å². The van der Waals surface area contributed by atoms with Gasteiger partial charge in [0.15, 0.2) is 17.6 Å². The van der Waals surface area contributed by atoms with Crippen LogP contribution in [0.3, 0.4) is 0 Å². The Labute approximate surface area is 157 Å². The Balaban J connectivity index is 1.59. The highest BCUT2D eigenvalue weighted by Gasteiger charge is 2.20. The van der Waals surface area contributed by atoms with Gasteiger partial charge in [-0.25, -0.2) is 4.79 Å². The highest BCUT2D eigenvalue weighted by atomic mass is 16.6. The van der Waals surface area contributed by atoms with Crippen LogP contribution >= 0.6 is 0 Å². The molecule has 0 saturated carbocycles. The molecule has 0 aromatic heterocycles. The average Bonchev–Trinajstić information content (AvgIpc) is 2.67. The van der Waals surface area contributed by atoms with E-state index in [0.29, 0.717) is 36.0 Å². The van der Waals surface area contributed by atoms with Gasteiger partial charge in [-0.2, -0.15) is 0 Å². The molecule has 0 saturated heterocycles. The maximum absolute atomic E-state index is 12.3. The van der Waals surface area contributed by atoms with Gasteiger partial charge in [0.1, 0.15) is 13.2 Å². The molecule has 7 heteroatoms. The molecule has 0 aliphatic carbocycles. The van der Waals surface area contributed by atoms with E-state index in [-0.39, 0.29) is 0 Å². The SMILES string of the molecule is C[C@H](OC(=O)c1ccc(N(C)C)cc1)C(=O)Nc1ccc2c(c1)OCCO2. The van der Waals surface area contributed by atoms with Crippen LogP contribution < -0.4 is 19.7 Å². The van der Waals surface area contributed by atoms with Crippen LogP contribution in [0.1, 0.15) is 17.3 Å². The number of esters is 1. The first kappa shape index (κ1) is 18.6. The van der Waals surface area contributed by atoms with Crippen LogP contribution in [0.15, 0.2) is 42.5 Å². The molecule has 27 heavy (non-hydrogen) atoms. The van der Waals surface area contributed by atoms with E-state index in [4.69, 9.17) is 14.2 Å². The minimum Gasteiger partial charge on any atom is -0.486 e. The lowest BCUT2D eigenvalue weighted by Crippen LogP contribution is -2.30. The summed E-state index contributed by atoms with van der Waals surface area (Å²) in [5, 5.41) is 2.71. The van der Waals surface area contributed by atoms with Gasteiger partial charge in [-0.1, -0.05) is 0 Å². The molecule has 0 unspecified atom stereocenters. The van der Waals surface area contributed by atoms with Crippen molar-refractivity contribution in [3.05, 3.63) is 48.0 Å². The molecule has 3 rings (SSSR count). The largest absolute Gasteiger partial charge is 0.486 e. The Kier molecular flexibility index (Phi) is 5.49. The molecule has 2 aromatic carbocycles. The smallest absolute Gasteiger partial charge is 0.338 e. The van der Waals surface area contributed by atoms with Crippen LogP contribution in [0.5, 0.6) is 11.5 Å². The molecule has 1 heterocycles. The number of fused-ring (bicyclic) bond motifs is 1. The van der Waals surface area contributed by atoms with Crippen LogP contribution in [0.25, 0.3) is 0 Å². The molecule has 0 fully saturated rings. The number of amides is 1. The second kappa shape index (κ2) is 7.99. The van der Waals surface area contributed by atoms with Gasteiger partial charge in [-0.05, 0) is 43.3 Å². The highest BCUT2D eigenvalue weighted by molar-refractivity contribution is 5.97. The number of hydrogen-bond donors (Lipinski definition) is 1. The normalized spacial score (nSPS) is 13.4. The number of rotatable bonds is 5. The van der Waals surface area contributed by atoms with E-state index in [1.807, 2.05) is 31.1 Å². The fourth-order valence-corrected chi connectivity index (χ4v) is 2.54. The van der Waals surface area contributed by atoms with Gasteiger partial charge in [-0.3, -0.25) is 4.79 Å². The number of ether oxygens (including phenoxy) is 3. The number of hydrogen-bond acceptors (Lipinski definition) is 6. The van der Waals surface area contributed by atoms with Crippen LogP contribution in [0.4, 0.5) is 11.4 Å². The molecule has 0 radical (unpaired) electrons. The summed E-state index contributed by atoms with van der Waals surface area (Å²) in [5.74, 6) is 0.236. The van der Waals surface area contributed by atoms with E-state index < -0.39 is 18.0 Å². The molecule has 1 aliphatic rings. The van der Waals surface area contributed by atoms with Crippen molar-refractivity contribution in [3.8, 4) is 11.5 Å². The zero-order valence-corrected chi connectivity index (χ0v) is 15.5. The van der Waals surface area contributed by atoms with Crippen LogP contribution in [0, 0.1) is 0 Å². The zero-order valence-electron chi connectivity index (χ0n) is 15.5. The van der Waals surface area contributed by atoms with Gasteiger partial charge in [0.05, 0.1) is 5.56 Å². The lowest BCUT2D eigenvalue weighted by Gasteiger charge is -2.19. The second-order valence-corrected chi connectivity index (χ2v) is 6.34. The number of nitrogens with zero attached hydrogens (tertiary/aromatic N) is 1. The predicted molar refractivity (Wildman–Crippen MR) is 102 cm³/mol. The van der Waals surface area contributed by atoms with Gasteiger partial charge in [0.25, 0.3) is 5.91 Å². The molecule has 1 amide bonds. The zero-order chi connectivity index (χ0) is 19.4. The van der Waals surface area contributed by atoms with Crippen molar-refractivity contribution in [2.75, 3.05) is 37.5 Å². The molecular formula is C20H22N2O5. The van der Waals surface area contributed by atoms with E-state index in [0.717, 1.165) is 5.69 Å². The van der Waals surface area contributed by atoms with E-state index >= 15 is 0 Å². The molecular weight excluding hydrogens is 348 g/mol. The lowest BCUT2D eigenvalue weighted by atomic mass is 10.2. The Morgan fingerprint density at radius 3 is 2.37 bits per heavy atom. The van der Waals surface area contributed by atoms with Crippen molar-refractivity contribution < 1.29 is 23.8 Å².